The van der Waals surface area contributed by atoms with Gasteiger partial charge in [0.1, 0.15) is 28.6 Å². The molecule has 0 amide bonds. The molecule has 1 fully saturated rings. The zero-order chi connectivity index (χ0) is 20.6. The van der Waals surface area contributed by atoms with Gasteiger partial charge in [0, 0.05) is 23.9 Å². The molecule has 152 valence electrons. The van der Waals surface area contributed by atoms with Crippen molar-refractivity contribution in [2.75, 3.05) is 18.9 Å². The molecule has 0 aliphatic heterocycles. The van der Waals surface area contributed by atoms with Crippen LogP contribution >= 0.6 is 0 Å². The first kappa shape index (κ1) is 19.2. The molecule has 1 saturated carbocycles. The SMILES string of the molecule is CCOC(=O)COc1ccc(-c2nc(C3CC(C)(O)C3)n3ccnc(N)c23)cc1. The molecular formula is C21H24N4O4. The number of carbonyl (C=O) groups is 1. The second-order valence-electron chi connectivity index (χ2n) is 7.57. The van der Waals surface area contributed by atoms with Gasteiger partial charge in [0.15, 0.2) is 6.61 Å². The molecule has 0 saturated heterocycles. The van der Waals surface area contributed by atoms with Crippen LogP contribution in [0.15, 0.2) is 36.7 Å². The van der Waals surface area contributed by atoms with Crippen LogP contribution < -0.4 is 10.5 Å². The standard InChI is InChI=1S/C21H24N4O4/c1-3-28-16(26)12-29-15-6-4-13(5-7-15)17-18-19(22)23-8-9-25(18)20(24-17)14-10-21(2,27)11-14/h4-9,14,27H,3,10-12H2,1-2H3,(H2,22,23). The smallest absolute Gasteiger partial charge is 0.344 e. The summed E-state index contributed by atoms with van der Waals surface area (Å²) in [5, 5.41) is 10.1. The summed E-state index contributed by atoms with van der Waals surface area (Å²) in [6.45, 7) is 3.78. The zero-order valence-corrected chi connectivity index (χ0v) is 16.5. The van der Waals surface area contributed by atoms with Crippen LogP contribution in [0.4, 0.5) is 5.82 Å². The number of anilines is 1. The van der Waals surface area contributed by atoms with E-state index in [1.165, 1.54) is 0 Å². The van der Waals surface area contributed by atoms with Crippen LogP contribution in [0.25, 0.3) is 16.8 Å². The molecule has 4 rings (SSSR count). The molecule has 0 spiro atoms. The quantitative estimate of drug-likeness (QED) is 0.616. The van der Waals surface area contributed by atoms with Gasteiger partial charge < -0.3 is 20.3 Å². The van der Waals surface area contributed by atoms with E-state index in [1.807, 2.05) is 29.7 Å². The molecule has 0 atom stereocenters. The molecule has 2 aromatic heterocycles. The lowest BCUT2D eigenvalue weighted by atomic mass is 9.72. The first-order valence-electron chi connectivity index (χ1n) is 9.61. The van der Waals surface area contributed by atoms with Crippen LogP contribution in [0, 0.1) is 0 Å². The largest absolute Gasteiger partial charge is 0.482 e. The minimum absolute atomic E-state index is 0.136. The molecule has 8 heteroatoms. The molecular weight excluding hydrogens is 372 g/mol. The number of hydrogen-bond acceptors (Lipinski definition) is 7. The van der Waals surface area contributed by atoms with Gasteiger partial charge >= 0.3 is 5.97 Å². The van der Waals surface area contributed by atoms with E-state index < -0.39 is 11.6 Å². The molecule has 8 nitrogen and oxygen atoms in total. The van der Waals surface area contributed by atoms with Gasteiger partial charge in [0.05, 0.1) is 12.2 Å². The third kappa shape index (κ3) is 3.75. The predicted molar refractivity (Wildman–Crippen MR) is 108 cm³/mol. The van der Waals surface area contributed by atoms with E-state index in [2.05, 4.69) is 4.98 Å². The van der Waals surface area contributed by atoms with Crippen molar-refractivity contribution in [3.8, 4) is 17.0 Å². The van der Waals surface area contributed by atoms with E-state index in [0.717, 1.165) is 22.6 Å². The number of rotatable bonds is 6. The van der Waals surface area contributed by atoms with E-state index in [4.69, 9.17) is 20.2 Å². The maximum Gasteiger partial charge on any atom is 0.344 e. The summed E-state index contributed by atoms with van der Waals surface area (Å²) in [6.07, 6.45) is 4.82. The lowest BCUT2D eigenvalue weighted by molar-refractivity contribution is -0.145. The van der Waals surface area contributed by atoms with Gasteiger partial charge in [-0.3, -0.25) is 4.40 Å². The molecule has 1 aromatic carbocycles. The van der Waals surface area contributed by atoms with Crippen molar-refractivity contribution < 1.29 is 19.4 Å². The van der Waals surface area contributed by atoms with Crippen LogP contribution in [0.3, 0.4) is 0 Å². The first-order valence-corrected chi connectivity index (χ1v) is 9.61. The molecule has 1 aliphatic carbocycles. The van der Waals surface area contributed by atoms with Crippen molar-refractivity contribution in [1.29, 1.82) is 0 Å². The highest BCUT2D eigenvalue weighted by Gasteiger charge is 2.41. The minimum Gasteiger partial charge on any atom is -0.482 e. The van der Waals surface area contributed by atoms with Crippen LogP contribution in [0.2, 0.25) is 0 Å². The van der Waals surface area contributed by atoms with Crippen LogP contribution in [0.1, 0.15) is 38.4 Å². The Morgan fingerprint density at radius 1 is 1.34 bits per heavy atom. The maximum atomic E-state index is 11.4. The van der Waals surface area contributed by atoms with E-state index in [1.54, 1.807) is 25.3 Å². The highest BCUT2D eigenvalue weighted by molar-refractivity contribution is 5.85. The Morgan fingerprint density at radius 2 is 2.07 bits per heavy atom. The van der Waals surface area contributed by atoms with Crippen molar-refractivity contribution in [2.24, 2.45) is 0 Å². The molecule has 0 radical (unpaired) electrons. The Labute approximate surface area is 168 Å². The van der Waals surface area contributed by atoms with Gasteiger partial charge in [-0.25, -0.2) is 14.8 Å². The number of esters is 1. The van der Waals surface area contributed by atoms with Gasteiger partial charge in [-0.1, -0.05) is 0 Å². The van der Waals surface area contributed by atoms with Crippen molar-refractivity contribution in [3.05, 3.63) is 42.5 Å². The normalized spacial score (nSPS) is 21.0. The Bertz CT molecular complexity index is 1030. The fraction of sp³-hybridized carbons (Fsp3) is 0.381. The molecule has 29 heavy (non-hydrogen) atoms. The Hall–Kier alpha value is -3.13. The Balaban J connectivity index is 1.63. The number of ether oxygens (including phenoxy) is 2. The number of fused-ring (bicyclic) bond motifs is 1. The Morgan fingerprint density at radius 3 is 2.72 bits per heavy atom. The van der Waals surface area contributed by atoms with Gasteiger partial charge in [0.2, 0.25) is 0 Å². The second kappa shape index (κ2) is 7.36. The van der Waals surface area contributed by atoms with Gasteiger partial charge in [-0.15, -0.1) is 0 Å². The van der Waals surface area contributed by atoms with E-state index in [0.29, 0.717) is 31.0 Å². The second-order valence-corrected chi connectivity index (χ2v) is 7.57. The number of nitrogens with two attached hydrogens (primary N) is 1. The van der Waals surface area contributed by atoms with Crippen LogP contribution in [-0.2, 0) is 9.53 Å². The highest BCUT2D eigenvalue weighted by Crippen LogP contribution is 2.45. The van der Waals surface area contributed by atoms with Crippen LogP contribution in [0.5, 0.6) is 5.75 Å². The monoisotopic (exact) mass is 396 g/mol. The lowest BCUT2D eigenvalue weighted by Crippen LogP contribution is -2.40. The third-order valence-corrected chi connectivity index (χ3v) is 5.14. The number of nitrogens with zero attached hydrogens (tertiary/aromatic N) is 3. The van der Waals surface area contributed by atoms with Gasteiger partial charge in [0.25, 0.3) is 0 Å². The van der Waals surface area contributed by atoms with Gasteiger partial charge in [-0.2, -0.15) is 0 Å². The minimum atomic E-state index is -0.646. The number of aliphatic hydroxyl groups is 1. The predicted octanol–water partition coefficient (Wildman–Crippen LogP) is 2.55. The first-order chi connectivity index (χ1) is 13.9. The fourth-order valence-electron chi connectivity index (χ4n) is 3.81. The number of carbonyl (C=O) groups excluding carboxylic acids is 1. The van der Waals surface area contributed by atoms with Crippen LogP contribution in [-0.4, -0.2) is 44.3 Å². The number of imidazole rings is 1. The molecule has 0 unspecified atom stereocenters. The third-order valence-electron chi connectivity index (χ3n) is 5.14. The summed E-state index contributed by atoms with van der Waals surface area (Å²) in [5.41, 5.74) is 7.86. The summed E-state index contributed by atoms with van der Waals surface area (Å²) in [5.74, 6) is 1.59. The maximum absolute atomic E-state index is 11.4. The zero-order valence-electron chi connectivity index (χ0n) is 16.5. The van der Waals surface area contributed by atoms with Crippen molar-refractivity contribution in [2.45, 2.75) is 38.2 Å². The molecule has 3 aromatic rings. The topological polar surface area (TPSA) is 112 Å². The van der Waals surface area contributed by atoms with E-state index in [-0.39, 0.29) is 12.5 Å². The average molecular weight is 396 g/mol. The number of aromatic nitrogens is 3. The van der Waals surface area contributed by atoms with Crippen molar-refractivity contribution in [3.63, 3.8) is 0 Å². The van der Waals surface area contributed by atoms with E-state index >= 15 is 0 Å². The molecule has 2 heterocycles. The van der Waals surface area contributed by atoms with Crippen molar-refractivity contribution >= 4 is 17.3 Å². The van der Waals surface area contributed by atoms with Gasteiger partial charge in [-0.05, 0) is 51.0 Å². The number of hydrogen-bond donors (Lipinski definition) is 2. The van der Waals surface area contributed by atoms with E-state index in [9.17, 15) is 9.90 Å². The molecule has 1 aliphatic rings. The van der Waals surface area contributed by atoms with Crippen molar-refractivity contribution in [1.82, 2.24) is 14.4 Å². The summed E-state index contributed by atoms with van der Waals surface area (Å²) in [4.78, 5) is 20.5. The fourth-order valence-corrected chi connectivity index (χ4v) is 3.81. The average Bonchev–Trinajstić information content (AvgIpc) is 3.06. The summed E-state index contributed by atoms with van der Waals surface area (Å²) < 4.78 is 12.3. The Kier molecular flexibility index (Phi) is 4.87. The number of nitrogen functional groups attached to an aromatic ring is 1. The number of benzene rings is 1. The molecule has 0 bridgehead atoms. The summed E-state index contributed by atoms with van der Waals surface area (Å²) in [6, 6.07) is 7.30. The summed E-state index contributed by atoms with van der Waals surface area (Å²) >= 11 is 0. The molecule has 3 N–H and O–H groups in total. The summed E-state index contributed by atoms with van der Waals surface area (Å²) in [7, 11) is 0. The lowest BCUT2D eigenvalue weighted by Gasteiger charge is -2.40. The highest BCUT2D eigenvalue weighted by atomic mass is 16.6.